The molecule has 0 unspecified atom stereocenters. The zero-order valence-electron chi connectivity index (χ0n) is 13.1. The molecule has 23 heavy (non-hydrogen) atoms. The van der Waals surface area contributed by atoms with Crippen molar-refractivity contribution >= 4 is 11.6 Å². The summed E-state index contributed by atoms with van der Waals surface area (Å²) in [6.07, 6.45) is 6.25. The Morgan fingerprint density at radius 1 is 1.30 bits per heavy atom. The van der Waals surface area contributed by atoms with Crippen molar-refractivity contribution in [1.29, 1.82) is 0 Å². The molecule has 2 heterocycles. The van der Waals surface area contributed by atoms with Crippen molar-refractivity contribution < 1.29 is 9.53 Å². The van der Waals surface area contributed by atoms with E-state index in [0.29, 0.717) is 18.0 Å². The van der Waals surface area contributed by atoms with E-state index in [-0.39, 0.29) is 12.0 Å². The van der Waals surface area contributed by atoms with Gasteiger partial charge in [0.1, 0.15) is 6.33 Å². The molecule has 1 aromatic heterocycles. The van der Waals surface area contributed by atoms with Crippen molar-refractivity contribution in [2.24, 2.45) is 0 Å². The largest absolute Gasteiger partial charge is 0.379 e. The van der Waals surface area contributed by atoms with Gasteiger partial charge >= 0.3 is 0 Å². The molecular formula is C18H19N3O2. The van der Waals surface area contributed by atoms with E-state index in [1.807, 2.05) is 23.1 Å². The number of carbonyl (C=O) groups excluding carboxylic acids is 1. The van der Waals surface area contributed by atoms with Gasteiger partial charge in [0, 0.05) is 31.3 Å². The summed E-state index contributed by atoms with van der Waals surface area (Å²) in [5.41, 5.74) is 3.63. The van der Waals surface area contributed by atoms with Gasteiger partial charge in [0.25, 0.3) is 5.91 Å². The van der Waals surface area contributed by atoms with Gasteiger partial charge in [0.15, 0.2) is 0 Å². The number of anilines is 1. The van der Waals surface area contributed by atoms with Crippen LogP contribution in [-0.4, -0.2) is 35.6 Å². The van der Waals surface area contributed by atoms with E-state index in [2.05, 4.69) is 16.0 Å². The molecule has 1 amide bonds. The first-order valence-corrected chi connectivity index (χ1v) is 8.00. The van der Waals surface area contributed by atoms with Crippen molar-refractivity contribution in [3.63, 3.8) is 0 Å². The van der Waals surface area contributed by atoms with Gasteiger partial charge in [-0.1, -0.05) is 18.2 Å². The van der Waals surface area contributed by atoms with Gasteiger partial charge in [-0.25, -0.2) is 9.97 Å². The number of hydrogen-bond acceptors (Lipinski definition) is 4. The van der Waals surface area contributed by atoms with Gasteiger partial charge in [-0.2, -0.15) is 0 Å². The summed E-state index contributed by atoms with van der Waals surface area (Å²) in [5, 5.41) is 0. The number of carbonyl (C=O) groups is 1. The molecule has 4 rings (SSSR count). The lowest BCUT2D eigenvalue weighted by Crippen LogP contribution is -2.43. The van der Waals surface area contributed by atoms with Crippen molar-refractivity contribution in [3.8, 4) is 0 Å². The van der Waals surface area contributed by atoms with Gasteiger partial charge in [-0.05, 0) is 24.5 Å². The number of methoxy groups -OCH3 is 1. The second-order valence-corrected chi connectivity index (χ2v) is 6.20. The highest BCUT2D eigenvalue weighted by atomic mass is 16.5. The molecule has 5 nitrogen and oxygen atoms in total. The minimum Gasteiger partial charge on any atom is -0.379 e. The van der Waals surface area contributed by atoms with Crippen LogP contribution in [0.2, 0.25) is 0 Å². The van der Waals surface area contributed by atoms with E-state index in [9.17, 15) is 4.79 Å². The van der Waals surface area contributed by atoms with E-state index in [1.54, 1.807) is 13.3 Å². The lowest BCUT2D eigenvalue weighted by atomic mass is 9.98. The van der Waals surface area contributed by atoms with Crippen LogP contribution in [0.1, 0.15) is 40.4 Å². The summed E-state index contributed by atoms with van der Waals surface area (Å²) in [6.45, 7) is 0.561. The summed E-state index contributed by atoms with van der Waals surface area (Å²) < 4.78 is 5.53. The first-order valence-electron chi connectivity index (χ1n) is 8.00. The smallest absolute Gasteiger partial charge is 0.261 e. The summed E-state index contributed by atoms with van der Waals surface area (Å²) in [7, 11) is 1.70. The van der Waals surface area contributed by atoms with Crippen LogP contribution in [0.3, 0.4) is 0 Å². The van der Waals surface area contributed by atoms with Crippen molar-refractivity contribution in [3.05, 3.63) is 53.6 Å². The molecule has 5 heteroatoms. The maximum atomic E-state index is 13.2. The minimum atomic E-state index is -0.0262. The Bertz CT molecular complexity index is 743. The number of rotatable bonds is 3. The summed E-state index contributed by atoms with van der Waals surface area (Å²) in [6, 6.07) is 8.03. The SMILES string of the molecule is CO[C@H]1Cc2ccccc2N(C(=O)c2cncnc2C2CC2)C1. The molecule has 0 spiro atoms. The number of hydrogen-bond donors (Lipinski definition) is 0. The molecule has 1 saturated carbocycles. The molecule has 1 atom stereocenters. The Labute approximate surface area is 135 Å². The zero-order valence-corrected chi connectivity index (χ0v) is 13.1. The van der Waals surface area contributed by atoms with Crippen LogP contribution >= 0.6 is 0 Å². The van der Waals surface area contributed by atoms with Crippen LogP contribution in [0.4, 0.5) is 5.69 Å². The third-order valence-corrected chi connectivity index (χ3v) is 4.63. The van der Waals surface area contributed by atoms with Gasteiger partial charge in [-0.15, -0.1) is 0 Å². The van der Waals surface area contributed by atoms with Crippen LogP contribution < -0.4 is 4.90 Å². The number of benzene rings is 1. The van der Waals surface area contributed by atoms with Crippen LogP contribution in [0.15, 0.2) is 36.8 Å². The van der Waals surface area contributed by atoms with E-state index >= 15 is 0 Å². The number of amides is 1. The molecular weight excluding hydrogens is 290 g/mol. The summed E-state index contributed by atoms with van der Waals surface area (Å²) in [5.74, 6) is 0.386. The van der Waals surface area contributed by atoms with Crippen molar-refractivity contribution in [2.45, 2.75) is 31.3 Å². The van der Waals surface area contributed by atoms with Crippen LogP contribution in [0.5, 0.6) is 0 Å². The topological polar surface area (TPSA) is 55.3 Å². The lowest BCUT2D eigenvalue weighted by molar-refractivity contribution is 0.0869. The molecule has 0 saturated heterocycles. The minimum absolute atomic E-state index is 0.0165. The van der Waals surface area contributed by atoms with E-state index in [1.165, 1.54) is 6.33 Å². The fraction of sp³-hybridized carbons (Fsp3) is 0.389. The van der Waals surface area contributed by atoms with Crippen LogP contribution in [0, 0.1) is 0 Å². The Morgan fingerprint density at radius 3 is 2.91 bits per heavy atom. The number of ether oxygens (including phenoxy) is 1. The molecule has 1 aromatic carbocycles. The molecule has 1 aliphatic carbocycles. The molecule has 118 valence electrons. The third kappa shape index (κ3) is 2.61. The van der Waals surface area contributed by atoms with Gasteiger partial charge in [0.2, 0.25) is 0 Å². The third-order valence-electron chi connectivity index (χ3n) is 4.63. The van der Waals surface area contributed by atoms with E-state index in [4.69, 9.17) is 4.74 Å². The Hall–Kier alpha value is -2.27. The molecule has 1 aliphatic heterocycles. The van der Waals surface area contributed by atoms with E-state index in [0.717, 1.165) is 36.2 Å². The Morgan fingerprint density at radius 2 is 2.13 bits per heavy atom. The second kappa shape index (κ2) is 5.74. The fourth-order valence-corrected chi connectivity index (χ4v) is 3.24. The molecule has 2 aromatic rings. The molecule has 0 radical (unpaired) electrons. The van der Waals surface area contributed by atoms with Crippen molar-refractivity contribution in [2.75, 3.05) is 18.6 Å². The van der Waals surface area contributed by atoms with Gasteiger partial charge in [-0.3, -0.25) is 4.79 Å². The Balaban J connectivity index is 1.73. The van der Waals surface area contributed by atoms with Gasteiger partial charge < -0.3 is 9.64 Å². The maximum Gasteiger partial charge on any atom is 0.261 e. The highest BCUT2D eigenvalue weighted by Gasteiger charge is 2.34. The van der Waals surface area contributed by atoms with Crippen LogP contribution in [0.25, 0.3) is 0 Å². The molecule has 0 bridgehead atoms. The average Bonchev–Trinajstić information content (AvgIpc) is 3.45. The summed E-state index contributed by atoms with van der Waals surface area (Å²) >= 11 is 0. The predicted octanol–water partition coefficient (Wildman–Crippen LogP) is 2.57. The lowest BCUT2D eigenvalue weighted by Gasteiger charge is -2.34. The number of fused-ring (bicyclic) bond motifs is 1. The van der Waals surface area contributed by atoms with Crippen LogP contribution in [-0.2, 0) is 11.2 Å². The molecule has 0 N–H and O–H groups in total. The number of aromatic nitrogens is 2. The molecule has 1 fully saturated rings. The fourth-order valence-electron chi connectivity index (χ4n) is 3.24. The normalized spacial score (nSPS) is 20.2. The number of para-hydroxylation sites is 1. The monoisotopic (exact) mass is 309 g/mol. The molecule has 2 aliphatic rings. The predicted molar refractivity (Wildman–Crippen MR) is 86.6 cm³/mol. The first-order chi connectivity index (χ1) is 11.3. The first kappa shape index (κ1) is 14.3. The zero-order chi connectivity index (χ0) is 15.8. The number of nitrogens with zero attached hydrogens (tertiary/aromatic N) is 3. The Kier molecular flexibility index (Phi) is 3.58. The second-order valence-electron chi connectivity index (χ2n) is 6.20. The quantitative estimate of drug-likeness (QED) is 0.874. The highest BCUT2D eigenvalue weighted by Crippen LogP contribution is 2.41. The summed E-state index contributed by atoms with van der Waals surface area (Å²) in [4.78, 5) is 23.4. The highest BCUT2D eigenvalue weighted by molar-refractivity contribution is 6.07. The van der Waals surface area contributed by atoms with E-state index < -0.39 is 0 Å². The average molecular weight is 309 g/mol. The van der Waals surface area contributed by atoms with Crippen molar-refractivity contribution in [1.82, 2.24) is 9.97 Å². The standard InChI is InChI=1S/C18H19N3O2/c1-23-14-8-13-4-2-3-5-16(13)21(10-14)18(22)15-9-19-11-20-17(15)12-6-7-12/h2-5,9,11-12,14H,6-8,10H2,1H3/t14-/m0/s1. The van der Waals surface area contributed by atoms with Gasteiger partial charge in [0.05, 0.1) is 23.9 Å². The maximum absolute atomic E-state index is 13.2.